The zero-order chi connectivity index (χ0) is 22.7. The van der Waals surface area contributed by atoms with E-state index in [-0.39, 0.29) is 22.6 Å². The quantitative estimate of drug-likeness (QED) is 0.471. The van der Waals surface area contributed by atoms with Gasteiger partial charge in [-0.1, -0.05) is 18.2 Å². The molecule has 0 spiro atoms. The third kappa shape index (κ3) is 5.08. The van der Waals surface area contributed by atoms with E-state index in [0.29, 0.717) is 17.9 Å². The number of methoxy groups -OCH3 is 1. The second kappa shape index (κ2) is 9.00. The fourth-order valence-electron chi connectivity index (χ4n) is 3.30. The number of benzene rings is 3. The van der Waals surface area contributed by atoms with Crippen LogP contribution < -0.4 is 8.92 Å². The van der Waals surface area contributed by atoms with Crippen LogP contribution >= 0.6 is 0 Å². The molecule has 0 bridgehead atoms. The first-order valence-electron chi connectivity index (χ1n) is 10.1. The molecule has 32 heavy (non-hydrogen) atoms. The van der Waals surface area contributed by atoms with Gasteiger partial charge < -0.3 is 13.8 Å². The van der Waals surface area contributed by atoms with Crippen molar-refractivity contribution in [2.75, 3.05) is 7.11 Å². The fraction of sp³-hybridized carbons (Fsp3) is 0.208. The van der Waals surface area contributed by atoms with Gasteiger partial charge in [0.05, 0.1) is 7.11 Å². The molecule has 0 N–H and O–H groups in total. The van der Waals surface area contributed by atoms with Gasteiger partial charge in [0.1, 0.15) is 22.2 Å². The van der Waals surface area contributed by atoms with Crippen molar-refractivity contribution in [2.45, 2.75) is 30.3 Å². The van der Waals surface area contributed by atoms with Gasteiger partial charge in [0.15, 0.2) is 0 Å². The molecule has 6 nitrogen and oxygen atoms in total. The molecule has 3 aromatic rings. The SMILES string of the molecule is COc1ccc(S(=O)(=O)Oc2ccc(CN(C(=O)c3cccc(F)c3)C3CC3)cc2)cc1. The minimum absolute atomic E-state index is 0.0166. The Labute approximate surface area is 186 Å². The van der Waals surface area contributed by atoms with Crippen LogP contribution in [0.3, 0.4) is 0 Å². The maximum atomic E-state index is 13.5. The number of carbonyl (C=O) groups excluding carboxylic acids is 1. The number of hydrogen-bond acceptors (Lipinski definition) is 5. The van der Waals surface area contributed by atoms with Crippen molar-refractivity contribution < 1.29 is 26.5 Å². The second-order valence-corrected chi connectivity index (χ2v) is 9.08. The smallest absolute Gasteiger partial charge is 0.339 e. The summed E-state index contributed by atoms with van der Waals surface area (Å²) in [6, 6.07) is 18.2. The van der Waals surface area contributed by atoms with E-state index in [4.69, 9.17) is 8.92 Å². The summed E-state index contributed by atoms with van der Waals surface area (Å²) < 4.78 is 48.8. The lowest BCUT2D eigenvalue weighted by molar-refractivity contribution is 0.0729. The Balaban J connectivity index is 1.46. The normalized spacial score (nSPS) is 13.4. The first kappa shape index (κ1) is 21.8. The van der Waals surface area contributed by atoms with E-state index in [1.165, 1.54) is 37.4 Å². The van der Waals surface area contributed by atoms with E-state index in [2.05, 4.69) is 0 Å². The van der Waals surface area contributed by atoms with Crippen LogP contribution in [0.5, 0.6) is 11.5 Å². The van der Waals surface area contributed by atoms with Crippen molar-refractivity contribution in [1.29, 1.82) is 0 Å². The number of hydrogen-bond donors (Lipinski definition) is 0. The minimum atomic E-state index is -3.99. The third-order valence-corrected chi connectivity index (χ3v) is 6.41. The standard InChI is InChI=1S/C24H22FNO5S/c1-30-21-11-13-23(14-12-21)32(28,29)31-22-9-5-17(6-10-22)16-26(20-7-8-20)24(27)18-3-2-4-19(25)15-18/h2-6,9-15,20H,7-8,16H2,1H3. The van der Waals surface area contributed by atoms with Crippen molar-refractivity contribution in [3.05, 3.63) is 89.7 Å². The lowest BCUT2D eigenvalue weighted by Crippen LogP contribution is -2.32. The van der Waals surface area contributed by atoms with Crippen LogP contribution in [0, 0.1) is 5.82 Å². The molecule has 0 unspecified atom stereocenters. The van der Waals surface area contributed by atoms with Gasteiger partial charge in [-0.05, 0) is 73.0 Å². The maximum Gasteiger partial charge on any atom is 0.339 e. The summed E-state index contributed by atoms with van der Waals surface area (Å²) in [4.78, 5) is 14.6. The summed E-state index contributed by atoms with van der Waals surface area (Å²) in [5.41, 5.74) is 1.12. The lowest BCUT2D eigenvalue weighted by Gasteiger charge is -2.23. The Morgan fingerprint density at radius 3 is 2.25 bits per heavy atom. The number of halogens is 1. The Morgan fingerprint density at radius 1 is 1.00 bits per heavy atom. The van der Waals surface area contributed by atoms with E-state index in [1.807, 2.05) is 0 Å². The number of nitrogens with zero attached hydrogens (tertiary/aromatic N) is 1. The van der Waals surface area contributed by atoms with Crippen molar-refractivity contribution >= 4 is 16.0 Å². The summed E-state index contributed by atoms with van der Waals surface area (Å²) in [5.74, 6) is 0.0286. The monoisotopic (exact) mass is 455 g/mol. The van der Waals surface area contributed by atoms with Gasteiger partial charge in [0, 0.05) is 18.2 Å². The van der Waals surface area contributed by atoms with E-state index in [9.17, 15) is 17.6 Å². The van der Waals surface area contributed by atoms with Gasteiger partial charge in [0.25, 0.3) is 5.91 Å². The van der Waals surface area contributed by atoms with Crippen LogP contribution in [0.25, 0.3) is 0 Å². The Kier molecular flexibility index (Phi) is 6.14. The van der Waals surface area contributed by atoms with E-state index < -0.39 is 15.9 Å². The highest BCUT2D eigenvalue weighted by Gasteiger charge is 2.33. The second-order valence-electron chi connectivity index (χ2n) is 7.53. The number of rotatable bonds is 8. The molecule has 0 saturated heterocycles. The molecule has 4 rings (SSSR count). The fourth-order valence-corrected chi connectivity index (χ4v) is 4.23. The van der Waals surface area contributed by atoms with Gasteiger partial charge >= 0.3 is 10.1 Å². The van der Waals surface area contributed by atoms with E-state index >= 15 is 0 Å². The molecular formula is C24H22FNO5S. The Bertz CT molecular complexity index is 1210. The molecule has 8 heteroatoms. The van der Waals surface area contributed by atoms with Crippen molar-refractivity contribution in [2.24, 2.45) is 0 Å². The van der Waals surface area contributed by atoms with Crippen molar-refractivity contribution in [3.8, 4) is 11.5 Å². The van der Waals surface area contributed by atoms with Crippen LogP contribution in [0.2, 0.25) is 0 Å². The van der Waals surface area contributed by atoms with E-state index in [1.54, 1.807) is 47.4 Å². The first-order chi connectivity index (χ1) is 15.4. The number of amides is 1. The molecule has 1 aliphatic rings. The van der Waals surface area contributed by atoms with Crippen LogP contribution in [0.1, 0.15) is 28.8 Å². The molecular weight excluding hydrogens is 433 g/mol. The predicted octanol–water partition coefficient (Wildman–Crippen LogP) is 4.41. The molecule has 0 aliphatic heterocycles. The molecule has 0 atom stereocenters. The first-order valence-corrected chi connectivity index (χ1v) is 11.5. The summed E-state index contributed by atoms with van der Waals surface area (Å²) >= 11 is 0. The highest BCUT2D eigenvalue weighted by Crippen LogP contribution is 2.30. The van der Waals surface area contributed by atoms with Gasteiger partial charge in [0.2, 0.25) is 0 Å². The van der Waals surface area contributed by atoms with Crippen LogP contribution in [-0.4, -0.2) is 32.4 Å². The van der Waals surface area contributed by atoms with Gasteiger partial charge in [-0.15, -0.1) is 0 Å². The Hall–Kier alpha value is -3.39. The molecule has 1 amide bonds. The molecule has 166 valence electrons. The van der Waals surface area contributed by atoms with Crippen LogP contribution in [0.15, 0.2) is 77.7 Å². The van der Waals surface area contributed by atoms with Gasteiger partial charge in [-0.25, -0.2) is 4.39 Å². The average molecular weight is 456 g/mol. The zero-order valence-electron chi connectivity index (χ0n) is 17.4. The lowest BCUT2D eigenvalue weighted by atomic mass is 10.1. The largest absolute Gasteiger partial charge is 0.497 e. The van der Waals surface area contributed by atoms with Crippen molar-refractivity contribution in [1.82, 2.24) is 4.90 Å². The molecule has 1 saturated carbocycles. The summed E-state index contributed by atoms with van der Waals surface area (Å²) in [7, 11) is -2.49. The average Bonchev–Trinajstić information content (AvgIpc) is 3.63. The molecule has 0 aromatic heterocycles. The predicted molar refractivity (Wildman–Crippen MR) is 117 cm³/mol. The topological polar surface area (TPSA) is 72.9 Å². The van der Waals surface area contributed by atoms with Gasteiger partial charge in [-0.3, -0.25) is 4.79 Å². The molecule has 1 aliphatic carbocycles. The highest BCUT2D eigenvalue weighted by atomic mass is 32.2. The maximum absolute atomic E-state index is 13.5. The molecule has 1 fully saturated rings. The Morgan fingerprint density at radius 2 is 1.66 bits per heavy atom. The molecule has 3 aromatic carbocycles. The van der Waals surface area contributed by atoms with Crippen LogP contribution in [-0.2, 0) is 16.7 Å². The zero-order valence-corrected chi connectivity index (χ0v) is 18.2. The summed E-state index contributed by atoms with van der Waals surface area (Å²) in [5, 5.41) is 0. The van der Waals surface area contributed by atoms with Crippen LogP contribution in [0.4, 0.5) is 4.39 Å². The molecule has 0 heterocycles. The van der Waals surface area contributed by atoms with E-state index in [0.717, 1.165) is 18.4 Å². The van der Waals surface area contributed by atoms with Crippen molar-refractivity contribution in [3.63, 3.8) is 0 Å². The third-order valence-electron chi connectivity index (χ3n) is 5.15. The highest BCUT2D eigenvalue weighted by molar-refractivity contribution is 7.87. The number of ether oxygens (including phenoxy) is 1. The summed E-state index contributed by atoms with van der Waals surface area (Å²) in [6.07, 6.45) is 1.81. The molecule has 0 radical (unpaired) electrons. The van der Waals surface area contributed by atoms with Gasteiger partial charge in [-0.2, -0.15) is 8.42 Å². The number of carbonyl (C=O) groups is 1. The summed E-state index contributed by atoms with van der Waals surface area (Å²) in [6.45, 7) is 0.339. The minimum Gasteiger partial charge on any atom is -0.497 e.